The van der Waals surface area contributed by atoms with Gasteiger partial charge >= 0.3 is 0 Å². The van der Waals surface area contributed by atoms with Crippen molar-refractivity contribution in [1.82, 2.24) is 4.90 Å². The highest BCUT2D eigenvalue weighted by Gasteiger charge is 2.29. The zero-order valence-corrected chi connectivity index (χ0v) is 13.1. The SMILES string of the molecule is Cc1cccc(N2CCC(C(=O)N3CCCCC3)CC2)c1. The summed E-state index contributed by atoms with van der Waals surface area (Å²) in [5, 5.41) is 0. The van der Waals surface area contributed by atoms with Gasteiger partial charge in [0.25, 0.3) is 0 Å². The third-order valence-electron chi connectivity index (χ3n) is 4.88. The first-order valence-corrected chi connectivity index (χ1v) is 8.34. The summed E-state index contributed by atoms with van der Waals surface area (Å²) in [6, 6.07) is 8.68. The van der Waals surface area contributed by atoms with Crippen LogP contribution in [0.4, 0.5) is 5.69 Å². The van der Waals surface area contributed by atoms with Gasteiger partial charge < -0.3 is 9.80 Å². The summed E-state index contributed by atoms with van der Waals surface area (Å²) in [7, 11) is 0. The molecule has 0 spiro atoms. The molecule has 2 heterocycles. The third kappa shape index (κ3) is 3.39. The summed E-state index contributed by atoms with van der Waals surface area (Å²) in [5.41, 5.74) is 2.61. The second kappa shape index (κ2) is 6.50. The van der Waals surface area contributed by atoms with Crippen LogP contribution in [-0.4, -0.2) is 37.0 Å². The molecular formula is C18H26N2O. The van der Waals surface area contributed by atoms with E-state index in [2.05, 4.69) is 41.0 Å². The van der Waals surface area contributed by atoms with Crippen molar-refractivity contribution in [3.8, 4) is 0 Å². The Kier molecular flexibility index (Phi) is 4.47. The van der Waals surface area contributed by atoms with Crippen molar-refractivity contribution >= 4 is 11.6 Å². The maximum atomic E-state index is 12.6. The average Bonchev–Trinajstić information content (AvgIpc) is 2.55. The Balaban J connectivity index is 1.56. The molecule has 0 bridgehead atoms. The quantitative estimate of drug-likeness (QED) is 0.833. The van der Waals surface area contributed by atoms with Crippen LogP contribution >= 0.6 is 0 Å². The van der Waals surface area contributed by atoms with Crippen LogP contribution in [0.25, 0.3) is 0 Å². The number of benzene rings is 1. The predicted molar refractivity (Wildman–Crippen MR) is 86.5 cm³/mol. The second-order valence-electron chi connectivity index (χ2n) is 6.49. The van der Waals surface area contributed by atoms with Crippen molar-refractivity contribution in [1.29, 1.82) is 0 Å². The molecular weight excluding hydrogens is 260 g/mol. The molecule has 0 saturated carbocycles. The number of nitrogens with zero attached hydrogens (tertiary/aromatic N) is 2. The van der Waals surface area contributed by atoms with Gasteiger partial charge in [0.05, 0.1) is 0 Å². The van der Waals surface area contributed by atoms with Gasteiger partial charge in [-0.05, 0) is 56.7 Å². The summed E-state index contributed by atoms with van der Waals surface area (Å²) >= 11 is 0. The summed E-state index contributed by atoms with van der Waals surface area (Å²) in [6.07, 6.45) is 5.67. The van der Waals surface area contributed by atoms with Crippen molar-refractivity contribution in [2.75, 3.05) is 31.1 Å². The van der Waals surface area contributed by atoms with E-state index in [1.807, 2.05) is 0 Å². The van der Waals surface area contributed by atoms with E-state index >= 15 is 0 Å². The fourth-order valence-electron chi connectivity index (χ4n) is 3.58. The lowest BCUT2D eigenvalue weighted by Gasteiger charge is -2.36. The zero-order valence-electron chi connectivity index (χ0n) is 13.1. The molecule has 0 atom stereocenters. The van der Waals surface area contributed by atoms with Crippen LogP contribution in [0, 0.1) is 12.8 Å². The minimum absolute atomic E-state index is 0.254. The third-order valence-corrected chi connectivity index (χ3v) is 4.88. The fourth-order valence-corrected chi connectivity index (χ4v) is 3.58. The number of carbonyl (C=O) groups excluding carboxylic acids is 1. The number of aryl methyl sites for hydroxylation is 1. The Bertz CT molecular complexity index is 486. The number of amides is 1. The van der Waals surface area contributed by atoms with Crippen molar-refractivity contribution in [2.24, 2.45) is 5.92 Å². The van der Waals surface area contributed by atoms with Crippen molar-refractivity contribution in [3.05, 3.63) is 29.8 Å². The molecule has 0 aromatic heterocycles. The molecule has 0 unspecified atom stereocenters. The predicted octanol–water partition coefficient (Wildman–Crippen LogP) is 3.22. The van der Waals surface area contributed by atoms with Crippen LogP contribution in [0.2, 0.25) is 0 Å². The first kappa shape index (κ1) is 14.4. The van der Waals surface area contributed by atoms with E-state index in [9.17, 15) is 4.79 Å². The minimum Gasteiger partial charge on any atom is -0.371 e. The molecule has 2 aliphatic rings. The van der Waals surface area contributed by atoms with Crippen LogP contribution < -0.4 is 4.90 Å². The van der Waals surface area contributed by atoms with Gasteiger partial charge in [-0.2, -0.15) is 0 Å². The second-order valence-corrected chi connectivity index (χ2v) is 6.49. The summed E-state index contributed by atoms with van der Waals surface area (Å²) in [4.78, 5) is 17.1. The largest absolute Gasteiger partial charge is 0.371 e. The molecule has 114 valence electrons. The number of rotatable bonds is 2. The van der Waals surface area contributed by atoms with Crippen LogP contribution in [0.3, 0.4) is 0 Å². The summed E-state index contributed by atoms with van der Waals surface area (Å²) in [6.45, 7) is 6.12. The van der Waals surface area contributed by atoms with E-state index in [1.165, 1.54) is 30.5 Å². The Morgan fingerprint density at radius 1 is 1.05 bits per heavy atom. The van der Waals surface area contributed by atoms with Gasteiger partial charge in [-0.15, -0.1) is 0 Å². The van der Waals surface area contributed by atoms with E-state index in [0.717, 1.165) is 39.0 Å². The standard InChI is InChI=1S/C18H26N2O/c1-15-6-5-7-17(14-15)19-12-8-16(9-13-19)18(21)20-10-3-2-4-11-20/h5-7,14,16H,2-4,8-13H2,1H3. The van der Waals surface area contributed by atoms with Gasteiger partial charge in [-0.25, -0.2) is 0 Å². The van der Waals surface area contributed by atoms with E-state index in [-0.39, 0.29) is 5.92 Å². The Morgan fingerprint density at radius 3 is 2.43 bits per heavy atom. The number of anilines is 1. The topological polar surface area (TPSA) is 23.6 Å². The Hall–Kier alpha value is -1.51. The van der Waals surface area contributed by atoms with E-state index in [1.54, 1.807) is 0 Å². The number of piperidine rings is 2. The smallest absolute Gasteiger partial charge is 0.225 e. The molecule has 2 fully saturated rings. The van der Waals surface area contributed by atoms with Gasteiger partial charge in [0.15, 0.2) is 0 Å². The van der Waals surface area contributed by atoms with Gasteiger partial charge in [0.1, 0.15) is 0 Å². The zero-order chi connectivity index (χ0) is 14.7. The molecule has 1 aromatic rings. The van der Waals surface area contributed by atoms with Crippen LogP contribution in [-0.2, 0) is 4.79 Å². The Labute approximate surface area is 127 Å². The van der Waals surface area contributed by atoms with Gasteiger partial charge in [0.2, 0.25) is 5.91 Å². The Morgan fingerprint density at radius 2 is 1.76 bits per heavy atom. The summed E-state index contributed by atoms with van der Waals surface area (Å²) < 4.78 is 0. The average molecular weight is 286 g/mol. The van der Waals surface area contributed by atoms with E-state index in [0.29, 0.717) is 5.91 Å². The lowest BCUT2D eigenvalue weighted by molar-refractivity contribution is -0.137. The molecule has 2 aliphatic heterocycles. The first-order chi connectivity index (χ1) is 10.2. The van der Waals surface area contributed by atoms with Crippen LogP contribution in [0.5, 0.6) is 0 Å². The highest BCUT2D eigenvalue weighted by atomic mass is 16.2. The number of hydrogen-bond acceptors (Lipinski definition) is 2. The van der Waals surface area contributed by atoms with Crippen LogP contribution in [0.15, 0.2) is 24.3 Å². The van der Waals surface area contributed by atoms with Crippen molar-refractivity contribution in [3.63, 3.8) is 0 Å². The number of hydrogen-bond donors (Lipinski definition) is 0. The molecule has 0 radical (unpaired) electrons. The molecule has 0 aliphatic carbocycles. The van der Waals surface area contributed by atoms with Gasteiger partial charge in [-0.1, -0.05) is 12.1 Å². The normalized spacial score (nSPS) is 20.6. The van der Waals surface area contributed by atoms with Gasteiger partial charge in [-0.3, -0.25) is 4.79 Å². The molecule has 1 amide bonds. The monoisotopic (exact) mass is 286 g/mol. The molecule has 1 aromatic carbocycles. The molecule has 3 heteroatoms. The highest BCUT2D eigenvalue weighted by molar-refractivity contribution is 5.79. The molecule has 0 N–H and O–H groups in total. The molecule has 3 rings (SSSR count). The lowest BCUT2D eigenvalue weighted by atomic mass is 9.94. The van der Waals surface area contributed by atoms with E-state index in [4.69, 9.17) is 0 Å². The van der Waals surface area contributed by atoms with E-state index < -0.39 is 0 Å². The van der Waals surface area contributed by atoms with Crippen LogP contribution in [0.1, 0.15) is 37.7 Å². The lowest BCUT2D eigenvalue weighted by Crippen LogP contribution is -2.44. The van der Waals surface area contributed by atoms with Crippen molar-refractivity contribution < 1.29 is 4.79 Å². The van der Waals surface area contributed by atoms with Crippen molar-refractivity contribution in [2.45, 2.75) is 39.0 Å². The fraction of sp³-hybridized carbons (Fsp3) is 0.611. The maximum absolute atomic E-state index is 12.6. The number of likely N-dealkylation sites (tertiary alicyclic amines) is 1. The molecule has 3 nitrogen and oxygen atoms in total. The van der Waals surface area contributed by atoms with Gasteiger partial charge in [0, 0.05) is 37.8 Å². The highest BCUT2D eigenvalue weighted by Crippen LogP contribution is 2.26. The minimum atomic E-state index is 0.254. The first-order valence-electron chi connectivity index (χ1n) is 8.34. The molecule has 21 heavy (non-hydrogen) atoms. The number of carbonyl (C=O) groups is 1. The maximum Gasteiger partial charge on any atom is 0.225 e. The molecule has 2 saturated heterocycles. The summed E-state index contributed by atoms with van der Waals surface area (Å²) in [5.74, 6) is 0.669.